The maximum absolute atomic E-state index is 4.51. The number of rotatable bonds is 4. The number of halogens is 1. The highest BCUT2D eigenvalue weighted by Gasteiger charge is 2.07. The van der Waals surface area contributed by atoms with Gasteiger partial charge in [-0.25, -0.2) is 4.98 Å². The van der Waals surface area contributed by atoms with Gasteiger partial charge in [0.25, 0.3) is 0 Å². The molecular weight excluding hydrogens is 276 g/mol. The predicted octanol–water partition coefficient (Wildman–Crippen LogP) is 4.23. The fraction of sp³-hybridized carbons (Fsp3) is 0.357. The van der Waals surface area contributed by atoms with Gasteiger partial charge in [-0.15, -0.1) is 0 Å². The van der Waals surface area contributed by atoms with Gasteiger partial charge in [0.1, 0.15) is 5.82 Å². The van der Waals surface area contributed by atoms with Crippen molar-refractivity contribution in [3.8, 4) is 0 Å². The van der Waals surface area contributed by atoms with Gasteiger partial charge in [0.05, 0.1) is 0 Å². The van der Waals surface area contributed by atoms with Crippen molar-refractivity contribution in [2.24, 2.45) is 0 Å². The molecule has 1 aromatic heterocycles. The van der Waals surface area contributed by atoms with Crippen LogP contribution in [0.3, 0.4) is 0 Å². The molecule has 0 aliphatic rings. The molecule has 17 heavy (non-hydrogen) atoms. The van der Waals surface area contributed by atoms with Crippen LogP contribution in [0.5, 0.6) is 0 Å². The Balaban J connectivity index is 2.42. The number of anilines is 1. The molecule has 1 heterocycles. The summed E-state index contributed by atoms with van der Waals surface area (Å²) in [6.45, 7) is 3.26. The summed E-state index contributed by atoms with van der Waals surface area (Å²) in [7, 11) is 2.11. The highest BCUT2D eigenvalue weighted by Crippen LogP contribution is 2.26. The van der Waals surface area contributed by atoms with E-state index in [0.29, 0.717) is 0 Å². The van der Waals surface area contributed by atoms with Crippen LogP contribution >= 0.6 is 15.9 Å². The van der Waals surface area contributed by atoms with Gasteiger partial charge in [0, 0.05) is 29.6 Å². The molecule has 0 aliphatic carbocycles. The highest BCUT2D eigenvalue weighted by molar-refractivity contribution is 9.10. The number of unbranched alkanes of at least 4 members (excludes halogenated alkanes) is 1. The molecule has 0 bridgehead atoms. The van der Waals surface area contributed by atoms with Crippen molar-refractivity contribution in [1.82, 2.24) is 4.98 Å². The zero-order chi connectivity index (χ0) is 12.3. The smallest absolute Gasteiger partial charge is 0.136 e. The Morgan fingerprint density at radius 2 is 2.12 bits per heavy atom. The molecule has 0 saturated heterocycles. The number of fused-ring (bicyclic) bond motifs is 1. The summed E-state index contributed by atoms with van der Waals surface area (Å²) in [4.78, 5) is 6.74. The Morgan fingerprint density at radius 3 is 2.88 bits per heavy atom. The molecule has 0 aliphatic heterocycles. The second-order valence-electron chi connectivity index (χ2n) is 4.28. The molecule has 1 aromatic carbocycles. The molecule has 0 spiro atoms. The lowest BCUT2D eigenvalue weighted by atomic mass is 10.1. The molecule has 0 atom stereocenters. The molecule has 0 unspecified atom stereocenters. The van der Waals surface area contributed by atoms with Gasteiger partial charge in [0.2, 0.25) is 0 Å². The molecule has 0 radical (unpaired) electrons. The summed E-state index contributed by atoms with van der Waals surface area (Å²) in [5.74, 6) is 1.07. The lowest BCUT2D eigenvalue weighted by Crippen LogP contribution is -2.19. The summed E-state index contributed by atoms with van der Waals surface area (Å²) in [5, 5.41) is 2.45. The molecule has 0 N–H and O–H groups in total. The molecule has 0 amide bonds. The van der Waals surface area contributed by atoms with Crippen molar-refractivity contribution in [2.45, 2.75) is 19.8 Å². The summed E-state index contributed by atoms with van der Waals surface area (Å²) in [5.41, 5.74) is 0. The van der Waals surface area contributed by atoms with Gasteiger partial charge >= 0.3 is 0 Å². The molecule has 2 aromatic rings. The van der Waals surface area contributed by atoms with E-state index >= 15 is 0 Å². The minimum Gasteiger partial charge on any atom is -0.359 e. The Morgan fingerprint density at radius 1 is 1.29 bits per heavy atom. The molecule has 90 valence electrons. The van der Waals surface area contributed by atoms with E-state index in [-0.39, 0.29) is 0 Å². The quantitative estimate of drug-likeness (QED) is 0.838. The van der Waals surface area contributed by atoms with Gasteiger partial charge in [0.15, 0.2) is 0 Å². The van der Waals surface area contributed by atoms with E-state index in [1.807, 2.05) is 6.20 Å². The van der Waals surface area contributed by atoms with Gasteiger partial charge in [-0.05, 0) is 30.0 Å². The second kappa shape index (κ2) is 5.50. The van der Waals surface area contributed by atoms with Crippen molar-refractivity contribution in [3.63, 3.8) is 0 Å². The van der Waals surface area contributed by atoms with Gasteiger partial charge in [-0.2, -0.15) is 0 Å². The Labute approximate surface area is 111 Å². The van der Waals surface area contributed by atoms with Crippen LogP contribution < -0.4 is 4.90 Å². The fourth-order valence-corrected chi connectivity index (χ4v) is 2.29. The molecule has 0 saturated carbocycles. The van der Waals surface area contributed by atoms with Gasteiger partial charge < -0.3 is 4.90 Å². The lowest BCUT2D eigenvalue weighted by Gasteiger charge is -2.19. The summed E-state index contributed by atoms with van der Waals surface area (Å²) < 4.78 is 1.10. The number of benzene rings is 1. The van der Waals surface area contributed by atoms with Crippen LogP contribution in [0.1, 0.15) is 19.8 Å². The van der Waals surface area contributed by atoms with Crippen molar-refractivity contribution in [2.75, 3.05) is 18.5 Å². The minimum atomic E-state index is 1.05. The molecule has 0 fully saturated rings. The number of nitrogens with zero attached hydrogens (tertiary/aromatic N) is 2. The first kappa shape index (κ1) is 12.4. The van der Waals surface area contributed by atoms with Crippen molar-refractivity contribution in [3.05, 3.63) is 34.9 Å². The molecule has 2 nitrogen and oxygen atoms in total. The van der Waals surface area contributed by atoms with E-state index < -0.39 is 0 Å². The van der Waals surface area contributed by atoms with Crippen LogP contribution in [0, 0.1) is 0 Å². The number of hydrogen-bond donors (Lipinski definition) is 0. The third kappa shape index (κ3) is 2.78. The van der Waals surface area contributed by atoms with E-state index in [2.05, 4.69) is 64.1 Å². The molecule has 2 rings (SSSR count). The van der Waals surface area contributed by atoms with Crippen LogP contribution in [-0.4, -0.2) is 18.6 Å². The number of hydrogen-bond acceptors (Lipinski definition) is 2. The van der Waals surface area contributed by atoms with E-state index in [1.54, 1.807) is 0 Å². The zero-order valence-electron chi connectivity index (χ0n) is 10.3. The topological polar surface area (TPSA) is 16.1 Å². The van der Waals surface area contributed by atoms with E-state index in [9.17, 15) is 0 Å². The van der Waals surface area contributed by atoms with Crippen LogP contribution in [0.2, 0.25) is 0 Å². The monoisotopic (exact) mass is 292 g/mol. The Kier molecular flexibility index (Phi) is 4.00. The summed E-state index contributed by atoms with van der Waals surface area (Å²) in [6.07, 6.45) is 4.29. The maximum Gasteiger partial charge on any atom is 0.136 e. The SMILES string of the molecule is CCCCN(C)c1nccc2ccc(Br)cc12. The first-order valence-corrected chi connectivity index (χ1v) is 6.77. The third-order valence-electron chi connectivity index (χ3n) is 2.92. The lowest BCUT2D eigenvalue weighted by molar-refractivity contribution is 0.761. The van der Waals surface area contributed by atoms with Crippen LogP contribution in [-0.2, 0) is 0 Å². The van der Waals surface area contributed by atoms with Crippen LogP contribution in [0.15, 0.2) is 34.9 Å². The van der Waals surface area contributed by atoms with E-state index in [1.165, 1.54) is 23.6 Å². The van der Waals surface area contributed by atoms with Crippen molar-refractivity contribution in [1.29, 1.82) is 0 Å². The third-order valence-corrected chi connectivity index (χ3v) is 3.41. The first-order valence-electron chi connectivity index (χ1n) is 5.97. The van der Waals surface area contributed by atoms with Gasteiger partial charge in [-0.3, -0.25) is 0 Å². The van der Waals surface area contributed by atoms with Gasteiger partial charge in [-0.1, -0.05) is 35.3 Å². The normalized spacial score (nSPS) is 10.8. The number of pyridine rings is 1. The van der Waals surface area contributed by atoms with E-state index in [4.69, 9.17) is 0 Å². The van der Waals surface area contributed by atoms with Crippen molar-refractivity contribution < 1.29 is 0 Å². The largest absolute Gasteiger partial charge is 0.359 e. The second-order valence-corrected chi connectivity index (χ2v) is 5.19. The van der Waals surface area contributed by atoms with E-state index in [0.717, 1.165) is 16.8 Å². The average molecular weight is 293 g/mol. The molecular formula is C14H17BrN2. The number of aromatic nitrogens is 1. The fourth-order valence-electron chi connectivity index (χ4n) is 1.93. The summed E-state index contributed by atoms with van der Waals surface area (Å²) >= 11 is 3.52. The minimum absolute atomic E-state index is 1.05. The first-order chi connectivity index (χ1) is 8.22. The molecule has 3 heteroatoms. The van der Waals surface area contributed by atoms with Crippen LogP contribution in [0.25, 0.3) is 10.8 Å². The average Bonchev–Trinajstić information content (AvgIpc) is 2.35. The van der Waals surface area contributed by atoms with Crippen LogP contribution in [0.4, 0.5) is 5.82 Å². The standard InChI is InChI=1S/C14H17BrN2/c1-3-4-9-17(2)14-13-10-12(15)6-5-11(13)7-8-16-14/h5-8,10H,3-4,9H2,1-2H3. The predicted molar refractivity (Wildman–Crippen MR) is 77.6 cm³/mol. The Bertz CT molecular complexity index is 511. The summed E-state index contributed by atoms with van der Waals surface area (Å²) in [6, 6.07) is 8.38. The zero-order valence-corrected chi connectivity index (χ0v) is 11.9. The van der Waals surface area contributed by atoms with Crippen molar-refractivity contribution >= 4 is 32.5 Å². The highest BCUT2D eigenvalue weighted by atomic mass is 79.9. The maximum atomic E-state index is 4.51. The Hall–Kier alpha value is -1.09.